The summed E-state index contributed by atoms with van der Waals surface area (Å²) in [6, 6.07) is 3.67. The minimum Gasteiger partial charge on any atom is -0.347 e. The number of imidazole rings is 1. The molecule has 0 amide bonds. The van der Waals surface area contributed by atoms with Crippen LogP contribution in [-0.2, 0) is 0 Å². The molecule has 0 saturated carbocycles. The lowest BCUT2D eigenvalue weighted by atomic mass is 10.1. The van der Waals surface area contributed by atoms with Crippen molar-refractivity contribution in [3.8, 4) is 0 Å². The lowest BCUT2D eigenvalue weighted by molar-refractivity contribution is 0.606. The van der Waals surface area contributed by atoms with Crippen LogP contribution in [0, 0.1) is 0 Å². The highest BCUT2D eigenvalue weighted by atomic mass is 15.2. The highest BCUT2D eigenvalue weighted by Crippen LogP contribution is 2.15. The molecule has 5 nitrogen and oxygen atoms in total. The molecular formula is C9H11N5. The predicted molar refractivity (Wildman–Crippen MR) is 52.0 cm³/mol. The number of aromatic nitrogens is 3. The van der Waals surface area contributed by atoms with E-state index in [1.165, 1.54) is 0 Å². The average Bonchev–Trinajstić information content (AvgIpc) is 2.74. The summed E-state index contributed by atoms with van der Waals surface area (Å²) in [7, 11) is 0. The molecular weight excluding hydrogens is 178 g/mol. The van der Waals surface area contributed by atoms with Crippen molar-refractivity contribution >= 4 is 0 Å². The number of hydrogen-bond acceptors (Lipinski definition) is 4. The van der Waals surface area contributed by atoms with Gasteiger partial charge in [0.25, 0.3) is 0 Å². The van der Waals surface area contributed by atoms with Crippen molar-refractivity contribution in [2.24, 2.45) is 5.84 Å². The number of nitrogens with one attached hydrogen (secondary N) is 2. The Morgan fingerprint density at radius 1 is 1.43 bits per heavy atom. The summed E-state index contributed by atoms with van der Waals surface area (Å²) in [6.07, 6.45) is 6.93. The van der Waals surface area contributed by atoms with Gasteiger partial charge in [0.1, 0.15) is 11.9 Å². The molecule has 0 spiro atoms. The molecule has 2 rings (SSSR count). The Balaban J connectivity index is 2.31. The molecule has 0 radical (unpaired) electrons. The summed E-state index contributed by atoms with van der Waals surface area (Å²) in [5.74, 6) is 6.24. The molecule has 4 N–H and O–H groups in total. The molecule has 0 aliphatic rings. The SMILES string of the molecule is NNC(c1cccnc1)c1ncc[nH]1. The van der Waals surface area contributed by atoms with E-state index in [0.29, 0.717) is 0 Å². The van der Waals surface area contributed by atoms with Gasteiger partial charge in [-0.2, -0.15) is 0 Å². The maximum absolute atomic E-state index is 5.46. The first kappa shape index (κ1) is 8.86. The zero-order valence-corrected chi connectivity index (χ0v) is 7.51. The molecule has 2 heterocycles. The van der Waals surface area contributed by atoms with Crippen molar-refractivity contribution in [1.29, 1.82) is 0 Å². The summed E-state index contributed by atoms with van der Waals surface area (Å²) in [4.78, 5) is 11.2. The maximum atomic E-state index is 5.46. The Hall–Kier alpha value is -1.72. The standard InChI is InChI=1S/C9H11N5/c10-14-8(9-12-4-5-13-9)7-2-1-3-11-6-7/h1-6,8,14H,10H2,(H,12,13). The van der Waals surface area contributed by atoms with Crippen LogP contribution in [0.2, 0.25) is 0 Å². The van der Waals surface area contributed by atoms with E-state index in [4.69, 9.17) is 5.84 Å². The lowest BCUT2D eigenvalue weighted by Crippen LogP contribution is -2.29. The van der Waals surface area contributed by atoms with Gasteiger partial charge in [0, 0.05) is 24.8 Å². The van der Waals surface area contributed by atoms with Crippen LogP contribution in [0.15, 0.2) is 36.9 Å². The average molecular weight is 189 g/mol. The van der Waals surface area contributed by atoms with Crippen LogP contribution in [0.4, 0.5) is 0 Å². The smallest absolute Gasteiger partial charge is 0.129 e. The molecule has 0 aliphatic carbocycles. The fraction of sp³-hybridized carbons (Fsp3) is 0.111. The third-order valence-electron chi connectivity index (χ3n) is 1.98. The third kappa shape index (κ3) is 1.63. The van der Waals surface area contributed by atoms with Gasteiger partial charge in [0.2, 0.25) is 0 Å². The number of H-pyrrole nitrogens is 1. The molecule has 1 atom stereocenters. The van der Waals surface area contributed by atoms with E-state index in [1.54, 1.807) is 24.8 Å². The molecule has 0 saturated heterocycles. The molecule has 5 heteroatoms. The van der Waals surface area contributed by atoms with Crippen molar-refractivity contribution in [2.75, 3.05) is 0 Å². The monoisotopic (exact) mass is 189 g/mol. The molecule has 0 bridgehead atoms. The second-order valence-corrected chi connectivity index (χ2v) is 2.86. The third-order valence-corrected chi connectivity index (χ3v) is 1.98. The Labute approximate surface area is 81.4 Å². The Kier molecular flexibility index (Phi) is 2.53. The molecule has 72 valence electrons. The van der Waals surface area contributed by atoms with Gasteiger partial charge in [0.05, 0.1) is 0 Å². The van der Waals surface area contributed by atoms with Crippen molar-refractivity contribution in [3.05, 3.63) is 48.3 Å². The van der Waals surface area contributed by atoms with E-state index in [0.717, 1.165) is 11.4 Å². The first-order valence-corrected chi connectivity index (χ1v) is 4.27. The van der Waals surface area contributed by atoms with Crippen LogP contribution in [0.1, 0.15) is 17.4 Å². The van der Waals surface area contributed by atoms with Crippen molar-refractivity contribution in [1.82, 2.24) is 20.4 Å². The van der Waals surface area contributed by atoms with Crippen molar-refractivity contribution in [3.63, 3.8) is 0 Å². The van der Waals surface area contributed by atoms with Crippen LogP contribution < -0.4 is 11.3 Å². The molecule has 1 unspecified atom stereocenters. The number of nitrogens with zero attached hydrogens (tertiary/aromatic N) is 2. The topological polar surface area (TPSA) is 79.6 Å². The molecule has 0 aromatic carbocycles. The van der Waals surface area contributed by atoms with E-state index in [9.17, 15) is 0 Å². The van der Waals surface area contributed by atoms with Crippen LogP contribution in [0.25, 0.3) is 0 Å². The second kappa shape index (κ2) is 3.99. The Bertz CT molecular complexity index is 369. The number of nitrogens with two attached hydrogens (primary N) is 1. The van der Waals surface area contributed by atoms with E-state index in [2.05, 4.69) is 20.4 Å². The fourth-order valence-electron chi connectivity index (χ4n) is 1.32. The first-order chi connectivity index (χ1) is 6.92. The molecule has 2 aromatic rings. The van der Waals surface area contributed by atoms with E-state index < -0.39 is 0 Å². The molecule has 0 aliphatic heterocycles. The summed E-state index contributed by atoms with van der Waals surface area (Å²) >= 11 is 0. The largest absolute Gasteiger partial charge is 0.347 e. The van der Waals surface area contributed by atoms with Crippen LogP contribution in [-0.4, -0.2) is 15.0 Å². The van der Waals surface area contributed by atoms with E-state index in [1.807, 2.05) is 12.1 Å². The van der Waals surface area contributed by atoms with Gasteiger partial charge in [0.15, 0.2) is 0 Å². The van der Waals surface area contributed by atoms with Crippen LogP contribution in [0.5, 0.6) is 0 Å². The number of hydrazine groups is 1. The lowest BCUT2D eigenvalue weighted by Gasteiger charge is -2.12. The molecule has 0 fully saturated rings. The van der Waals surface area contributed by atoms with Crippen molar-refractivity contribution in [2.45, 2.75) is 6.04 Å². The summed E-state index contributed by atoms with van der Waals surface area (Å²) in [6.45, 7) is 0. The highest BCUT2D eigenvalue weighted by molar-refractivity contribution is 5.20. The molecule has 2 aromatic heterocycles. The van der Waals surface area contributed by atoms with Gasteiger partial charge in [-0.15, -0.1) is 0 Å². The van der Waals surface area contributed by atoms with Gasteiger partial charge in [-0.1, -0.05) is 6.07 Å². The zero-order chi connectivity index (χ0) is 9.80. The summed E-state index contributed by atoms with van der Waals surface area (Å²) in [5.41, 5.74) is 3.66. The van der Waals surface area contributed by atoms with Gasteiger partial charge >= 0.3 is 0 Å². The maximum Gasteiger partial charge on any atom is 0.129 e. The summed E-state index contributed by atoms with van der Waals surface area (Å²) < 4.78 is 0. The summed E-state index contributed by atoms with van der Waals surface area (Å²) in [5, 5.41) is 0. The van der Waals surface area contributed by atoms with E-state index >= 15 is 0 Å². The van der Waals surface area contributed by atoms with Gasteiger partial charge in [-0.05, 0) is 11.6 Å². The second-order valence-electron chi connectivity index (χ2n) is 2.86. The molecule has 14 heavy (non-hydrogen) atoms. The predicted octanol–water partition coefficient (Wildman–Crippen LogP) is 0.357. The van der Waals surface area contributed by atoms with Gasteiger partial charge in [-0.25, -0.2) is 10.4 Å². The Morgan fingerprint density at radius 2 is 2.36 bits per heavy atom. The number of aromatic amines is 1. The minimum absolute atomic E-state index is 0.140. The minimum atomic E-state index is -0.140. The van der Waals surface area contributed by atoms with Crippen molar-refractivity contribution < 1.29 is 0 Å². The number of pyridine rings is 1. The van der Waals surface area contributed by atoms with Crippen LogP contribution >= 0.6 is 0 Å². The quantitative estimate of drug-likeness (QED) is 0.481. The fourth-order valence-corrected chi connectivity index (χ4v) is 1.32. The Morgan fingerprint density at radius 3 is 2.93 bits per heavy atom. The zero-order valence-electron chi connectivity index (χ0n) is 7.51. The van der Waals surface area contributed by atoms with Gasteiger partial charge in [-0.3, -0.25) is 10.8 Å². The van der Waals surface area contributed by atoms with Gasteiger partial charge < -0.3 is 4.98 Å². The van der Waals surface area contributed by atoms with E-state index in [-0.39, 0.29) is 6.04 Å². The number of hydrogen-bond donors (Lipinski definition) is 3. The first-order valence-electron chi connectivity index (χ1n) is 4.27. The highest BCUT2D eigenvalue weighted by Gasteiger charge is 2.13. The van der Waals surface area contributed by atoms with Crippen LogP contribution in [0.3, 0.4) is 0 Å². The normalized spacial score (nSPS) is 12.6. The number of rotatable bonds is 3.